The van der Waals surface area contributed by atoms with Crippen LogP contribution in [0.5, 0.6) is 0 Å². The maximum atomic E-state index is 6.01. The van der Waals surface area contributed by atoms with Crippen molar-refractivity contribution in [1.29, 1.82) is 0 Å². The van der Waals surface area contributed by atoms with Crippen molar-refractivity contribution in [3.63, 3.8) is 0 Å². The number of hydrogen-bond acceptors (Lipinski definition) is 3. The summed E-state index contributed by atoms with van der Waals surface area (Å²) in [6.07, 6.45) is 2.66. The highest BCUT2D eigenvalue weighted by atomic mass is 16.5. The van der Waals surface area contributed by atoms with E-state index in [2.05, 4.69) is 38.2 Å². The van der Waals surface area contributed by atoms with Gasteiger partial charge >= 0.3 is 0 Å². The predicted octanol–water partition coefficient (Wildman–Crippen LogP) is 3.96. The summed E-state index contributed by atoms with van der Waals surface area (Å²) in [7, 11) is 0. The highest BCUT2D eigenvalue weighted by Gasteiger charge is 2.31. The number of para-hydroxylation sites is 1. The Kier molecular flexibility index (Phi) is 3.81. The largest absolute Gasteiger partial charge is 0.459 e. The summed E-state index contributed by atoms with van der Waals surface area (Å²) in [6.45, 7) is 7.19. The molecule has 1 aliphatic rings. The summed E-state index contributed by atoms with van der Waals surface area (Å²) in [4.78, 5) is 0. The van der Waals surface area contributed by atoms with E-state index in [0.717, 1.165) is 30.8 Å². The minimum Gasteiger partial charge on any atom is -0.459 e. The number of furan rings is 1. The van der Waals surface area contributed by atoms with Crippen molar-refractivity contribution in [3.05, 3.63) is 35.6 Å². The van der Waals surface area contributed by atoms with E-state index in [1.807, 2.05) is 12.1 Å². The second-order valence-electron chi connectivity index (χ2n) is 5.72. The Balaban J connectivity index is 1.67. The van der Waals surface area contributed by atoms with Gasteiger partial charge in [0.15, 0.2) is 0 Å². The van der Waals surface area contributed by atoms with Gasteiger partial charge < -0.3 is 14.5 Å². The van der Waals surface area contributed by atoms with E-state index in [9.17, 15) is 0 Å². The average Bonchev–Trinajstić information content (AvgIpc) is 2.74. The minimum absolute atomic E-state index is 0.245. The molecule has 1 aliphatic carbocycles. The van der Waals surface area contributed by atoms with Gasteiger partial charge in [-0.15, -0.1) is 0 Å². The van der Waals surface area contributed by atoms with Crippen molar-refractivity contribution in [2.75, 3.05) is 6.61 Å². The monoisotopic (exact) mass is 273 g/mol. The zero-order chi connectivity index (χ0) is 14.1. The first-order chi connectivity index (χ1) is 9.69. The molecule has 2 aromatic rings. The lowest BCUT2D eigenvalue weighted by Gasteiger charge is -2.37. The normalized spacial score (nSPS) is 23.8. The molecule has 3 heteroatoms. The predicted molar refractivity (Wildman–Crippen MR) is 80.9 cm³/mol. The second-order valence-corrected chi connectivity index (χ2v) is 5.72. The number of rotatable bonds is 5. The fourth-order valence-corrected chi connectivity index (χ4v) is 3.11. The van der Waals surface area contributed by atoms with Crippen molar-refractivity contribution in [1.82, 2.24) is 5.32 Å². The van der Waals surface area contributed by atoms with Crippen molar-refractivity contribution in [2.45, 2.75) is 51.8 Å². The third-order valence-corrected chi connectivity index (χ3v) is 4.26. The smallest absolute Gasteiger partial charge is 0.134 e. The molecular formula is C17H23NO2. The Labute approximate surface area is 120 Å². The van der Waals surface area contributed by atoms with Crippen LogP contribution in [0.1, 0.15) is 44.1 Å². The van der Waals surface area contributed by atoms with Gasteiger partial charge in [0.1, 0.15) is 11.3 Å². The number of hydrogen-bond donors (Lipinski definition) is 1. The van der Waals surface area contributed by atoms with Crippen LogP contribution in [0.3, 0.4) is 0 Å². The molecule has 20 heavy (non-hydrogen) atoms. The van der Waals surface area contributed by atoms with Gasteiger partial charge in [0.25, 0.3) is 0 Å². The Hall–Kier alpha value is -1.32. The van der Waals surface area contributed by atoms with Gasteiger partial charge in [-0.25, -0.2) is 0 Å². The van der Waals surface area contributed by atoms with E-state index in [4.69, 9.17) is 9.15 Å². The highest BCUT2D eigenvalue weighted by molar-refractivity contribution is 5.82. The van der Waals surface area contributed by atoms with Gasteiger partial charge in [-0.2, -0.15) is 0 Å². The Bertz CT molecular complexity index is 584. The molecule has 1 N–H and O–H groups in total. The number of benzene rings is 1. The summed E-state index contributed by atoms with van der Waals surface area (Å²) >= 11 is 0. The molecule has 108 valence electrons. The van der Waals surface area contributed by atoms with Crippen LogP contribution in [0, 0.1) is 6.92 Å². The average molecular weight is 273 g/mol. The van der Waals surface area contributed by atoms with Crippen LogP contribution in [-0.4, -0.2) is 18.8 Å². The van der Waals surface area contributed by atoms with Crippen molar-refractivity contribution < 1.29 is 9.15 Å². The number of fused-ring (bicyclic) bond motifs is 1. The van der Waals surface area contributed by atoms with E-state index >= 15 is 0 Å². The quantitative estimate of drug-likeness (QED) is 0.895. The zero-order valence-corrected chi connectivity index (χ0v) is 12.5. The van der Waals surface area contributed by atoms with Crippen molar-refractivity contribution in [3.8, 4) is 0 Å². The van der Waals surface area contributed by atoms with Gasteiger partial charge in [-0.05, 0) is 45.2 Å². The summed E-state index contributed by atoms with van der Waals surface area (Å²) in [5.41, 5.74) is 2.23. The molecule has 1 atom stereocenters. The van der Waals surface area contributed by atoms with Crippen LogP contribution in [0.4, 0.5) is 0 Å². The number of nitrogens with one attached hydrogen (secondary N) is 1. The van der Waals surface area contributed by atoms with Crippen molar-refractivity contribution in [2.24, 2.45) is 0 Å². The maximum Gasteiger partial charge on any atom is 0.134 e. The van der Waals surface area contributed by atoms with Gasteiger partial charge in [0.2, 0.25) is 0 Å². The van der Waals surface area contributed by atoms with E-state index in [1.165, 1.54) is 10.9 Å². The molecule has 1 saturated carbocycles. The third-order valence-electron chi connectivity index (χ3n) is 4.26. The van der Waals surface area contributed by atoms with Crippen LogP contribution < -0.4 is 5.32 Å². The van der Waals surface area contributed by atoms with Crippen LogP contribution in [-0.2, 0) is 4.74 Å². The standard InChI is InChI=1S/C17H23NO2/c1-4-19-14-9-13(10-14)18-12(3)17-11(2)15-7-5-6-8-16(15)20-17/h5-8,12-14,18H,4,9-10H2,1-3H3. The molecule has 0 bridgehead atoms. The molecule has 0 aliphatic heterocycles. The Morgan fingerprint density at radius 3 is 2.80 bits per heavy atom. The fourth-order valence-electron chi connectivity index (χ4n) is 3.11. The highest BCUT2D eigenvalue weighted by Crippen LogP contribution is 2.31. The van der Waals surface area contributed by atoms with Crippen LogP contribution in [0.25, 0.3) is 11.0 Å². The molecule has 1 aromatic heterocycles. The summed E-state index contributed by atoms with van der Waals surface area (Å²) < 4.78 is 11.6. The van der Waals surface area contributed by atoms with E-state index in [0.29, 0.717) is 12.1 Å². The van der Waals surface area contributed by atoms with Gasteiger partial charge in [-0.3, -0.25) is 0 Å². The molecule has 0 saturated heterocycles. The number of ether oxygens (including phenoxy) is 1. The maximum absolute atomic E-state index is 6.01. The minimum atomic E-state index is 0.245. The van der Waals surface area contributed by atoms with Gasteiger partial charge in [0, 0.05) is 18.0 Å². The van der Waals surface area contributed by atoms with Crippen molar-refractivity contribution >= 4 is 11.0 Å². The number of aryl methyl sites for hydroxylation is 1. The fraction of sp³-hybridized carbons (Fsp3) is 0.529. The molecule has 0 amide bonds. The molecule has 1 fully saturated rings. The lowest BCUT2D eigenvalue weighted by Crippen LogP contribution is -2.46. The Morgan fingerprint density at radius 2 is 2.10 bits per heavy atom. The van der Waals surface area contributed by atoms with Crippen LogP contribution in [0.15, 0.2) is 28.7 Å². The first-order valence-corrected chi connectivity index (χ1v) is 7.54. The first kappa shape index (κ1) is 13.7. The van der Waals surface area contributed by atoms with Gasteiger partial charge in [0.05, 0.1) is 12.1 Å². The lowest BCUT2D eigenvalue weighted by molar-refractivity contribution is -0.0125. The Morgan fingerprint density at radius 1 is 1.35 bits per heavy atom. The lowest BCUT2D eigenvalue weighted by atomic mass is 9.88. The van der Waals surface area contributed by atoms with Gasteiger partial charge in [-0.1, -0.05) is 18.2 Å². The molecule has 1 aromatic carbocycles. The summed E-state index contributed by atoms with van der Waals surface area (Å²) in [5, 5.41) is 4.87. The molecular weight excluding hydrogens is 250 g/mol. The third kappa shape index (κ3) is 2.48. The molecule has 0 spiro atoms. The molecule has 0 radical (unpaired) electrons. The summed E-state index contributed by atoms with van der Waals surface area (Å²) in [5.74, 6) is 1.06. The van der Waals surface area contributed by atoms with E-state index < -0.39 is 0 Å². The molecule has 1 heterocycles. The second kappa shape index (κ2) is 5.58. The van der Waals surface area contributed by atoms with Crippen LogP contribution in [0.2, 0.25) is 0 Å². The molecule has 3 rings (SSSR count). The molecule has 3 nitrogen and oxygen atoms in total. The topological polar surface area (TPSA) is 34.4 Å². The SMILES string of the molecule is CCOC1CC(NC(C)c2oc3ccccc3c2C)C1. The zero-order valence-electron chi connectivity index (χ0n) is 12.5. The molecule has 1 unspecified atom stereocenters. The van der Waals surface area contributed by atoms with E-state index in [-0.39, 0.29) is 6.04 Å². The van der Waals surface area contributed by atoms with E-state index in [1.54, 1.807) is 0 Å². The first-order valence-electron chi connectivity index (χ1n) is 7.54. The van der Waals surface area contributed by atoms with Crippen LogP contribution >= 0.6 is 0 Å². The summed E-state index contributed by atoms with van der Waals surface area (Å²) in [6, 6.07) is 9.03.